The third-order valence-electron chi connectivity index (χ3n) is 4.77. The molecule has 0 aromatic rings. The van der Waals surface area contributed by atoms with Gasteiger partial charge in [-0.1, -0.05) is 6.42 Å². The number of ketones is 1. The number of carbonyl (C=O) groups excluding carboxylic acids is 1. The molecule has 0 saturated heterocycles. The van der Waals surface area contributed by atoms with Gasteiger partial charge in [0.1, 0.15) is 5.78 Å². The van der Waals surface area contributed by atoms with Crippen LogP contribution < -0.4 is 0 Å². The number of fused-ring (bicyclic) bond motifs is 3. The first-order chi connectivity index (χ1) is 6.36. The lowest BCUT2D eigenvalue weighted by Crippen LogP contribution is -2.31. The first-order valence-corrected chi connectivity index (χ1v) is 5.89. The summed E-state index contributed by atoms with van der Waals surface area (Å²) in [6.45, 7) is 0. The van der Waals surface area contributed by atoms with E-state index in [2.05, 4.69) is 0 Å². The predicted octanol–water partition coefficient (Wildman–Crippen LogP) is 2.79. The van der Waals surface area contributed by atoms with Gasteiger partial charge in [-0.25, -0.2) is 0 Å². The van der Waals surface area contributed by atoms with Gasteiger partial charge < -0.3 is 0 Å². The summed E-state index contributed by atoms with van der Waals surface area (Å²) in [4.78, 5) is 11.8. The van der Waals surface area contributed by atoms with Gasteiger partial charge in [0, 0.05) is 12.3 Å². The number of hydrogen-bond acceptors (Lipinski definition) is 1. The molecule has 1 nitrogen and oxygen atoms in total. The molecule has 4 rings (SSSR count). The van der Waals surface area contributed by atoms with E-state index in [1.165, 1.54) is 38.5 Å². The Morgan fingerprint density at radius 1 is 0.923 bits per heavy atom. The van der Waals surface area contributed by atoms with Crippen molar-refractivity contribution in [1.29, 1.82) is 0 Å². The maximum atomic E-state index is 11.8. The van der Waals surface area contributed by atoms with E-state index in [4.69, 9.17) is 0 Å². The van der Waals surface area contributed by atoms with Gasteiger partial charge in [-0.15, -0.1) is 0 Å². The Labute approximate surface area is 79.9 Å². The fraction of sp³-hybridized carbons (Fsp3) is 0.917. The number of carbonyl (C=O) groups is 1. The van der Waals surface area contributed by atoms with Crippen LogP contribution in [0.1, 0.15) is 44.9 Å². The summed E-state index contributed by atoms with van der Waals surface area (Å²) in [7, 11) is 0. The van der Waals surface area contributed by atoms with E-state index in [1.807, 2.05) is 0 Å². The van der Waals surface area contributed by atoms with Crippen LogP contribution in [0.2, 0.25) is 0 Å². The van der Waals surface area contributed by atoms with E-state index in [9.17, 15) is 4.79 Å². The second kappa shape index (κ2) is 2.83. The summed E-state index contributed by atoms with van der Waals surface area (Å²) in [6, 6.07) is 0. The summed E-state index contributed by atoms with van der Waals surface area (Å²) < 4.78 is 0. The fourth-order valence-electron chi connectivity index (χ4n) is 4.20. The van der Waals surface area contributed by atoms with Gasteiger partial charge in [0.25, 0.3) is 0 Å². The Hall–Kier alpha value is -0.330. The van der Waals surface area contributed by atoms with E-state index in [-0.39, 0.29) is 0 Å². The van der Waals surface area contributed by atoms with Gasteiger partial charge in [0.2, 0.25) is 0 Å². The minimum atomic E-state index is 0.492. The minimum absolute atomic E-state index is 0.492. The molecule has 0 heterocycles. The molecule has 4 unspecified atom stereocenters. The Balaban J connectivity index is 1.95. The van der Waals surface area contributed by atoms with E-state index < -0.39 is 0 Å². The molecule has 0 aliphatic heterocycles. The van der Waals surface area contributed by atoms with Crippen LogP contribution in [-0.2, 0) is 4.79 Å². The Bertz CT molecular complexity index is 233. The van der Waals surface area contributed by atoms with E-state index in [1.54, 1.807) is 0 Å². The molecule has 4 aliphatic carbocycles. The van der Waals surface area contributed by atoms with E-state index >= 15 is 0 Å². The van der Waals surface area contributed by atoms with Crippen LogP contribution in [0.25, 0.3) is 0 Å². The van der Waals surface area contributed by atoms with Crippen molar-refractivity contribution in [3.8, 4) is 0 Å². The predicted molar refractivity (Wildman–Crippen MR) is 51.3 cm³/mol. The molecule has 4 aliphatic rings. The Morgan fingerprint density at radius 3 is 2.69 bits per heavy atom. The molecule has 0 N–H and O–H groups in total. The molecule has 1 heteroatoms. The average Bonchev–Trinajstić information content (AvgIpc) is 2.52. The van der Waals surface area contributed by atoms with Crippen molar-refractivity contribution < 1.29 is 4.79 Å². The highest BCUT2D eigenvalue weighted by atomic mass is 16.1. The lowest BCUT2D eigenvalue weighted by Gasteiger charge is -2.35. The molecular formula is C12H18O. The second-order valence-electron chi connectivity index (χ2n) is 5.21. The van der Waals surface area contributed by atoms with Crippen molar-refractivity contribution in [1.82, 2.24) is 0 Å². The largest absolute Gasteiger partial charge is 0.299 e. The van der Waals surface area contributed by atoms with E-state index in [0.29, 0.717) is 11.7 Å². The van der Waals surface area contributed by atoms with Crippen LogP contribution in [-0.4, -0.2) is 5.78 Å². The van der Waals surface area contributed by atoms with Crippen LogP contribution >= 0.6 is 0 Å². The molecule has 4 saturated carbocycles. The van der Waals surface area contributed by atoms with Gasteiger partial charge in [-0.2, -0.15) is 0 Å². The molecule has 0 spiro atoms. The van der Waals surface area contributed by atoms with Crippen LogP contribution in [0.15, 0.2) is 0 Å². The number of hydrogen-bond donors (Lipinski definition) is 0. The molecule has 0 radical (unpaired) electrons. The van der Waals surface area contributed by atoms with Gasteiger partial charge in [-0.05, 0) is 49.9 Å². The molecular weight excluding hydrogens is 160 g/mol. The standard InChI is InChI=1S/C12H18O/c13-12-7-5-8-4-6-11(12)10-3-1-2-9(8)10/h8-11H,1-7H2. The molecule has 72 valence electrons. The average molecular weight is 178 g/mol. The molecule has 0 amide bonds. The smallest absolute Gasteiger partial charge is 0.136 e. The summed E-state index contributed by atoms with van der Waals surface area (Å²) >= 11 is 0. The highest BCUT2D eigenvalue weighted by Crippen LogP contribution is 2.52. The SMILES string of the molecule is O=C1CCC2CCC1C1CCCC21. The van der Waals surface area contributed by atoms with Crippen molar-refractivity contribution in [2.24, 2.45) is 23.7 Å². The summed E-state index contributed by atoms with van der Waals surface area (Å²) in [5.74, 6) is 3.79. The second-order valence-corrected chi connectivity index (χ2v) is 5.21. The molecule has 2 bridgehead atoms. The van der Waals surface area contributed by atoms with Crippen molar-refractivity contribution >= 4 is 5.78 Å². The Morgan fingerprint density at radius 2 is 1.77 bits per heavy atom. The first kappa shape index (κ1) is 8.02. The van der Waals surface area contributed by atoms with Crippen molar-refractivity contribution in [3.05, 3.63) is 0 Å². The highest BCUT2D eigenvalue weighted by molar-refractivity contribution is 5.82. The van der Waals surface area contributed by atoms with Crippen LogP contribution in [0.5, 0.6) is 0 Å². The monoisotopic (exact) mass is 178 g/mol. The minimum Gasteiger partial charge on any atom is -0.299 e. The zero-order valence-corrected chi connectivity index (χ0v) is 8.17. The maximum Gasteiger partial charge on any atom is 0.136 e. The molecule has 4 atom stereocenters. The van der Waals surface area contributed by atoms with Gasteiger partial charge in [0.05, 0.1) is 0 Å². The van der Waals surface area contributed by atoms with Crippen LogP contribution in [0.3, 0.4) is 0 Å². The molecule has 0 aromatic heterocycles. The third kappa shape index (κ3) is 1.09. The van der Waals surface area contributed by atoms with Gasteiger partial charge in [-0.3, -0.25) is 4.79 Å². The van der Waals surface area contributed by atoms with Crippen molar-refractivity contribution in [3.63, 3.8) is 0 Å². The quantitative estimate of drug-likeness (QED) is 0.557. The molecule has 13 heavy (non-hydrogen) atoms. The zero-order chi connectivity index (χ0) is 8.84. The topological polar surface area (TPSA) is 17.1 Å². The van der Waals surface area contributed by atoms with E-state index in [0.717, 1.165) is 24.2 Å². The lowest BCUT2D eigenvalue weighted by molar-refractivity contribution is -0.124. The maximum absolute atomic E-state index is 11.8. The van der Waals surface area contributed by atoms with Gasteiger partial charge in [0.15, 0.2) is 0 Å². The number of rotatable bonds is 0. The fourth-order valence-corrected chi connectivity index (χ4v) is 4.20. The lowest BCUT2D eigenvalue weighted by atomic mass is 9.69. The summed E-state index contributed by atoms with van der Waals surface area (Å²) in [5.41, 5.74) is 0. The summed E-state index contributed by atoms with van der Waals surface area (Å²) in [5, 5.41) is 0. The normalized spacial score (nSPS) is 49.1. The summed E-state index contributed by atoms with van der Waals surface area (Å²) in [6.07, 6.45) is 8.90. The first-order valence-electron chi connectivity index (χ1n) is 5.89. The van der Waals surface area contributed by atoms with Crippen LogP contribution in [0, 0.1) is 23.7 Å². The van der Waals surface area contributed by atoms with Gasteiger partial charge >= 0.3 is 0 Å². The Kier molecular flexibility index (Phi) is 1.75. The third-order valence-corrected chi connectivity index (χ3v) is 4.77. The molecule has 4 fully saturated rings. The van der Waals surface area contributed by atoms with Crippen molar-refractivity contribution in [2.75, 3.05) is 0 Å². The number of Topliss-reactive ketones (excluding diaryl/α,β-unsaturated/α-hetero) is 1. The zero-order valence-electron chi connectivity index (χ0n) is 8.17. The van der Waals surface area contributed by atoms with Crippen molar-refractivity contribution in [2.45, 2.75) is 44.9 Å². The van der Waals surface area contributed by atoms with Crippen LogP contribution in [0.4, 0.5) is 0 Å². The molecule has 0 aromatic carbocycles. The highest BCUT2D eigenvalue weighted by Gasteiger charge is 2.46.